The number of hydrogen-bond donors (Lipinski definition) is 2. The van der Waals surface area contributed by atoms with Crippen LogP contribution in [-0.4, -0.2) is 24.8 Å². The van der Waals surface area contributed by atoms with E-state index in [2.05, 4.69) is 12.2 Å². The number of nitrogens with one attached hydrogen (secondary N) is 1. The van der Waals surface area contributed by atoms with Crippen LogP contribution >= 0.6 is 0 Å². The first-order valence-corrected chi connectivity index (χ1v) is 3.64. The molecule has 0 spiro atoms. The van der Waals surface area contributed by atoms with Crippen molar-refractivity contribution in [2.75, 3.05) is 19.7 Å². The lowest BCUT2D eigenvalue weighted by Gasteiger charge is -2.22. The summed E-state index contributed by atoms with van der Waals surface area (Å²) in [5, 5.41) is 12.2. The van der Waals surface area contributed by atoms with Gasteiger partial charge in [-0.1, -0.05) is 6.92 Å². The number of hydrogen-bond acceptors (Lipinski definition) is 2. The van der Waals surface area contributed by atoms with Crippen LogP contribution < -0.4 is 5.32 Å². The topological polar surface area (TPSA) is 32.3 Å². The molecule has 2 N–H and O–H groups in total. The highest BCUT2D eigenvalue weighted by molar-refractivity contribution is 4.85. The van der Waals surface area contributed by atoms with E-state index in [0.29, 0.717) is 6.61 Å². The minimum Gasteiger partial charge on any atom is -0.396 e. The summed E-state index contributed by atoms with van der Waals surface area (Å²) in [5.41, 5.74) is 0.222. The minimum atomic E-state index is 0.222. The molecule has 1 unspecified atom stereocenters. The average molecular weight is 129 g/mol. The Hall–Kier alpha value is -0.0800. The minimum absolute atomic E-state index is 0.222. The Kier molecular flexibility index (Phi) is 2.09. The summed E-state index contributed by atoms with van der Waals surface area (Å²) >= 11 is 0. The SMILES string of the molecule is CCC1(CO)CCNC1. The van der Waals surface area contributed by atoms with Gasteiger partial charge >= 0.3 is 0 Å². The van der Waals surface area contributed by atoms with Crippen LogP contribution in [0.2, 0.25) is 0 Å². The quantitative estimate of drug-likeness (QED) is 0.564. The first-order valence-electron chi connectivity index (χ1n) is 3.64. The maximum atomic E-state index is 8.98. The highest BCUT2D eigenvalue weighted by Gasteiger charge is 2.30. The predicted octanol–water partition coefficient (Wildman–Crippen LogP) is 0.368. The van der Waals surface area contributed by atoms with Gasteiger partial charge in [0.15, 0.2) is 0 Å². The molecule has 0 radical (unpaired) electrons. The molecule has 0 bridgehead atoms. The van der Waals surface area contributed by atoms with Crippen LogP contribution in [0, 0.1) is 5.41 Å². The van der Waals surface area contributed by atoms with Gasteiger partial charge < -0.3 is 10.4 Å². The van der Waals surface area contributed by atoms with Crippen LogP contribution in [0.5, 0.6) is 0 Å². The molecule has 0 saturated carbocycles. The smallest absolute Gasteiger partial charge is 0.0499 e. The third kappa shape index (κ3) is 1.25. The van der Waals surface area contributed by atoms with Gasteiger partial charge in [0.05, 0.1) is 0 Å². The summed E-state index contributed by atoms with van der Waals surface area (Å²) in [6.45, 7) is 4.56. The molecule has 1 aliphatic heterocycles. The summed E-state index contributed by atoms with van der Waals surface area (Å²) in [4.78, 5) is 0. The lowest BCUT2D eigenvalue weighted by atomic mass is 9.85. The van der Waals surface area contributed by atoms with Crippen molar-refractivity contribution in [2.24, 2.45) is 5.41 Å². The maximum Gasteiger partial charge on any atom is 0.0499 e. The molecule has 1 heterocycles. The van der Waals surface area contributed by atoms with E-state index in [0.717, 1.165) is 25.9 Å². The lowest BCUT2D eigenvalue weighted by molar-refractivity contribution is 0.139. The van der Waals surface area contributed by atoms with Crippen molar-refractivity contribution in [3.63, 3.8) is 0 Å². The fourth-order valence-corrected chi connectivity index (χ4v) is 1.34. The molecule has 0 amide bonds. The van der Waals surface area contributed by atoms with Gasteiger partial charge in [0.25, 0.3) is 0 Å². The number of aliphatic hydroxyl groups excluding tert-OH is 1. The molecule has 2 nitrogen and oxygen atoms in total. The van der Waals surface area contributed by atoms with E-state index in [-0.39, 0.29) is 5.41 Å². The zero-order chi connectivity index (χ0) is 6.74. The Bertz CT molecular complexity index is 80.9. The molecule has 9 heavy (non-hydrogen) atoms. The van der Waals surface area contributed by atoms with Crippen molar-refractivity contribution in [3.8, 4) is 0 Å². The highest BCUT2D eigenvalue weighted by Crippen LogP contribution is 2.27. The van der Waals surface area contributed by atoms with Crippen molar-refractivity contribution in [1.82, 2.24) is 5.32 Å². The van der Waals surface area contributed by atoms with Crippen molar-refractivity contribution < 1.29 is 5.11 Å². The summed E-state index contributed by atoms with van der Waals surface area (Å²) in [6.07, 6.45) is 2.23. The van der Waals surface area contributed by atoms with E-state index in [9.17, 15) is 0 Å². The normalized spacial score (nSPS) is 35.3. The average Bonchev–Trinajstić information content (AvgIpc) is 2.36. The second kappa shape index (κ2) is 2.67. The fraction of sp³-hybridized carbons (Fsp3) is 1.00. The molecule has 1 rings (SSSR count). The number of rotatable bonds is 2. The van der Waals surface area contributed by atoms with Gasteiger partial charge in [-0.25, -0.2) is 0 Å². The van der Waals surface area contributed by atoms with E-state index in [4.69, 9.17) is 5.11 Å². The maximum absolute atomic E-state index is 8.98. The van der Waals surface area contributed by atoms with Gasteiger partial charge in [-0.2, -0.15) is 0 Å². The summed E-state index contributed by atoms with van der Waals surface area (Å²) < 4.78 is 0. The van der Waals surface area contributed by atoms with E-state index in [1.54, 1.807) is 0 Å². The first kappa shape index (κ1) is 7.03. The Labute approximate surface area is 56.3 Å². The molecule has 0 aromatic carbocycles. The zero-order valence-electron chi connectivity index (χ0n) is 5.98. The van der Waals surface area contributed by atoms with Crippen molar-refractivity contribution in [3.05, 3.63) is 0 Å². The second-order valence-electron chi connectivity index (χ2n) is 2.94. The fourth-order valence-electron chi connectivity index (χ4n) is 1.34. The van der Waals surface area contributed by atoms with Gasteiger partial charge in [0, 0.05) is 18.6 Å². The van der Waals surface area contributed by atoms with Gasteiger partial charge in [-0.05, 0) is 19.4 Å². The van der Waals surface area contributed by atoms with Crippen LogP contribution in [0.3, 0.4) is 0 Å². The highest BCUT2D eigenvalue weighted by atomic mass is 16.3. The second-order valence-corrected chi connectivity index (χ2v) is 2.94. The van der Waals surface area contributed by atoms with Crippen LogP contribution in [0.15, 0.2) is 0 Å². The van der Waals surface area contributed by atoms with Crippen molar-refractivity contribution >= 4 is 0 Å². The van der Waals surface area contributed by atoms with Crippen molar-refractivity contribution in [1.29, 1.82) is 0 Å². The third-order valence-corrected chi connectivity index (χ3v) is 2.42. The molecule has 0 aromatic rings. The number of aliphatic hydroxyl groups is 1. The van der Waals surface area contributed by atoms with Crippen LogP contribution in [0.4, 0.5) is 0 Å². The Balaban J connectivity index is 2.45. The largest absolute Gasteiger partial charge is 0.396 e. The molecular weight excluding hydrogens is 114 g/mol. The lowest BCUT2D eigenvalue weighted by Crippen LogP contribution is -2.26. The van der Waals surface area contributed by atoms with E-state index in [1.807, 2.05) is 0 Å². The molecule has 1 atom stereocenters. The molecular formula is C7H15NO. The van der Waals surface area contributed by atoms with E-state index < -0.39 is 0 Å². The molecule has 1 aliphatic rings. The van der Waals surface area contributed by atoms with Crippen LogP contribution in [-0.2, 0) is 0 Å². The Morgan fingerprint density at radius 1 is 1.67 bits per heavy atom. The third-order valence-electron chi connectivity index (χ3n) is 2.42. The zero-order valence-corrected chi connectivity index (χ0v) is 5.98. The monoisotopic (exact) mass is 129 g/mol. The molecule has 54 valence electrons. The van der Waals surface area contributed by atoms with Crippen LogP contribution in [0.25, 0.3) is 0 Å². The van der Waals surface area contributed by atoms with Gasteiger partial charge in [-0.15, -0.1) is 0 Å². The molecule has 0 aromatic heterocycles. The van der Waals surface area contributed by atoms with Gasteiger partial charge in [0.1, 0.15) is 0 Å². The van der Waals surface area contributed by atoms with E-state index in [1.165, 1.54) is 0 Å². The summed E-state index contributed by atoms with van der Waals surface area (Å²) in [6, 6.07) is 0. The molecule has 0 aliphatic carbocycles. The molecule has 1 saturated heterocycles. The standard InChI is InChI=1S/C7H15NO/c1-2-7(6-9)3-4-8-5-7/h8-9H,2-6H2,1H3. The van der Waals surface area contributed by atoms with Crippen molar-refractivity contribution in [2.45, 2.75) is 19.8 Å². The Morgan fingerprint density at radius 3 is 2.67 bits per heavy atom. The Morgan fingerprint density at radius 2 is 2.44 bits per heavy atom. The van der Waals surface area contributed by atoms with Gasteiger partial charge in [-0.3, -0.25) is 0 Å². The van der Waals surface area contributed by atoms with Crippen LogP contribution in [0.1, 0.15) is 19.8 Å². The van der Waals surface area contributed by atoms with E-state index >= 15 is 0 Å². The molecule has 2 heteroatoms. The summed E-state index contributed by atoms with van der Waals surface area (Å²) in [7, 11) is 0. The molecule has 1 fully saturated rings. The predicted molar refractivity (Wildman–Crippen MR) is 37.3 cm³/mol. The first-order chi connectivity index (χ1) is 4.33. The van der Waals surface area contributed by atoms with Gasteiger partial charge in [0.2, 0.25) is 0 Å². The summed E-state index contributed by atoms with van der Waals surface area (Å²) in [5.74, 6) is 0.